The maximum atomic E-state index is 12.9. The Bertz CT molecular complexity index is 747. The summed E-state index contributed by atoms with van der Waals surface area (Å²) in [4.78, 5) is 19.1. The molecule has 1 aromatic carbocycles. The number of aliphatic hydroxyl groups is 1. The molecule has 25 heavy (non-hydrogen) atoms. The van der Waals surface area contributed by atoms with Crippen molar-refractivity contribution < 1.29 is 14.6 Å². The first-order chi connectivity index (χ1) is 12.2. The van der Waals surface area contributed by atoms with Crippen molar-refractivity contribution in [1.82, 2.24) is 9.88 Å². The zero-order valence-electron chi connectivity index (χ0n) is 14.1. The number of aromatic nitrogens is 1. The van der Waals surface area contributed by atoms with Crippen LogP contribution < -0.4 is 4.74 Å². The van der Waals surface area contributed by atoms with Crippen molar-refractivity contribution in [2.45, 2.75) is 31.4 Å². The molecule has 2 fully saturated rings. The maximum absolute atomic E-state index is 12.9. The molecule has 0 spiro atoms. The Morgan fingerprint density at radius 2 is 2.12 bits per heavy atom. The van der Waals surface area contributed by atoms with Crippen LogP contribution in [-0.4, -0.2) is 34.0 Å². The van der Waals surface area contributed by atoms with Gasteiger partial charge in [0.15, 0.2) is 6.61 Å². The molecule has 0 radical (unpaired) electrons. The highest BCUT2D eigenvalue weighted by Crippen LogP contribution is 2.56. The molecule has 1 aromatic heterocycles. The number of amides is 1. The number of pyridine rings is 1. The molecule has 5 heteroatoms. The molecule has 1 aliphatic heterocycles. The van der Waals surface area contributed by atoms with E-state index in [2.05, 4.69) is 11.1 Å². The molecular weight excluding hydrogens is 316 g/mol. The van der Waals surface area contributed by atoms with E-state index in [0.717, 1.165) is 30.5 Å². The van der Waals surface area contributed by atoms with Gasteiger partial charge in [-0.1, -0.05) is 18.2 Å². The fourth-order valence-corrected chi connectivity index (χ4v) is 4.26. The van der Waals surface area contributed by atoms with Crippen LogP contribution in [-0.2, 0) is 16.9 Å². The number of aliphatic hydroxyl groups excluding tert-OH is 1. The number of hydrogen-bond acceptors (Lipinski definition) is 4. The van der Waals surface area contributed by atoms with E-state index < -0.39 is 0 Å². The summed E-state index contributed by atoms with van der Waals surface area (Å²) >= 11 is 0. The summed E-state index contributed by atoms with van der Waals surface area (Å²) in [5.74, 6) is 1.20. The van der Waals surface area contributed by atoms with Crippen LogP contribution in [0.25, 0.3) is 0 Å². The molecule has 0 bridgehead atoms. The Hall–Kier alpha value is -2.40. The highest BCUT2D eigenvalue weighted by Gasteiger charge is 2.57. The lowest BCUT2D eigenvalue weighted by molar-refractivity contribution is -0.142. The van der Waals surface area contributed by atoms with E-state index in [1.165, 1.54) is 6.42 Å². The van der Waals surface area contributed by atoms with Crippen molar-refractivity contribution in [3.63, 3.8) is 0 Å². The summed E-state index contributed by atoms with van der Waals surface area (Å²) in [7, 11) is 0. The Balaban J connectivity index is 1.47. The van der Waals surface area contributed by atoms with Crippen molar-refractivity contribution in [3.8, 4) is 5.75 Å². The topological polar surface area (TPSA) is 62.7 Å². The van der Waals surface area contributed by atoms with Crippen molar-refractivity contribution in [2.75, 3.05) is 13.2 Å². The average molecular weight is 338 g/mol. The van der Waals surface area contributed by atoms with E-state index in [4.69, 9.17) is 9.84 Å². The van der Waals surface area contributed by atoms with Gasteiger partial charge in [-0.3, -0.25) is 9.78 Å². The van der Waals surface area contributed by atoms with E-state index in [-0.39, 0.29) is 24.7 Å². The monoisotopic (exact) mass is 338 g/mol. The lowest BCUT2D eigenvalue weighted by atomic mass is 9.64. The number of carbonyl (C=O) groups is 1. The number of rotatable bonds is 5. The maximum Gasteiger partial charge on any atom is 0.261 e. The Morgan fingerprint density at radius 3 is 2.76 bits per heavy atom. The summed E-state index contributed by atoms with van der Waals surface area (Å²) in [6.07, 6.45) is 6.88. The van der Waals surface area contributed by atoms with Gasteiger partial charge in [-0.15, -0.1) is 0 Å². The van der Waals surface area contributed by atoms with Crippen molar-refractivity contribution in [3.05, 3.63) is 59.9 Å². The summed E-state index contributed by atoms with van der Waals surface area (Å²) in [5.41, 5.74) is 1.78. The fourth-order valence-electron chi connectivity index (χ4n) is 4.26. The SMILES string of the molecule is O=C(COc1ccc(CO)cc1)N1CC[C@@H]2CC[C@@]21c1cccnc1. The highest BCUT2D eigenvalue weighted by molar-refractivity contribution is 5.79. The number of ether oxygens (including phenoxy) is 1. The number of hydrogen-bond donors (Lipinski definition) is 1. The normalized spacial score (nSPS) is 24.5. The van der Waals surface area contributed by atoms with Crippen LogP contribution in [0.5, 0.6) is 5.75 Å². The predicted octanol–water partition coefficient (Wildman–Crippen LogP) is 2.49. The molecule has 1 amide bonds. The molecule has 2 heterocycles. The Morgan fingerprint density at radius 1 is 1.28 bits per heavy atom. The van der Waals surface area contributed by atoms with Gasteiger partial charge in [-0.25, -0.2) is 0 Å². The number of benzene rings is 1. The summed E-state index contributed by atoms with van der Waals surface area (Å²) in [5, 5.41) is 9.08. The van der Waals surface area contributed by atoms with Crippen LogP contribution in [0.15, 0.2) is 48.8 Å². The van der Waals surface area contributed by atoms with E-state index in [9.17, 15) is 4.79 Å². The number of nitrogens with zero attached hydrogens (tertiary/aromatic N) is 2. The van der Waals surface area contributed by atoms with Gasteiger partial charge >= 0.3 is 0 Å². The highest BCUT2D eigenvalue weighted by atomic mass is 16.5. The summed E-state index contributed by atoms with van der Waals surface area (Å²) in [6, 6.07) is 11.2. The zero-order valence-corrected chi connectivity index (χ0v) is 14.1. The minimum Gasteiger partial charge on any atom is -0.484 e. The predicted molar refractivity (Wildman–Crippen MR) is 92.8 cm³/mol. The minimum atomic E-state index is -0.185. The second-order valence-corrected chi connectivity index (χ2v) is 6.83. The van der Waals surface area contributed by atoms with E-state index in [1.54, 1.807) is 30.5 Å². The molecule has 5 nitrogen and oxygen atoms in total. The van der Waals surface area contributed by atoms with E-state index in [0.29, 0.717) is 11.7 Å². The summed E-state index contributed by atoms with van der Waals surface area (Å²) < 4.78 is 5.68. The molecule has 0 unspecified atom stereocenters. The van der Waals surface area contributed by atoms with Gasteiger partial charge in [0.05, 0.1) is 12.1 Å². The third kappa shape index (κ3) is 2.68. The Labute approximate surface area is 147 Å². The van der Waals surface area contributed by atoms with Crippen LogP contribution in [0.3, 0.4) is 0 Å². The largest absolute Gasteiger partial charge is 0.484 e. The van der Waals surface area contributed by atoms with Gasteiger partial charge in [0.25, 0.3) is 5.91 Å². The molecule has 1 aliphatic carbocycles. The van der Waals surface area contributed by atoms with Gasteiger partial charge < -0.3 is 14.7 Å². The Kier molecular flexibility index (Phi) is 4.17. The van der Waals surface area contributed by atoms with Crippen molar-refractivity contribution in [2.24, 2.45) is 5.92 Å². The second-order valence-electron chi connectivity index (χ2n) is 6.83. The third-order valence-electron chi connectivity index (χ3n) is 5.66. The van der Waals surface area contributed by atoms with Crippen LogP contribution in [0.4, 0.5) is 0 Å². The standard InChI is InChI=1S/C20H22N2O3/c23-13-15-3-5-18(6-4-15)25-14-19(24)22-11-8-16-7-9-20(16,22)17-2-1-10-21-12-17/h1-6,10,12,16,23H,7-9,11,13-14H2/t16-,20-/m0/s1. The van der Waals surface area contributed by atoms with Gasteiger partial charge in [-0.05, 0) is 54.5 Å². The smallest absolute Gasteiger partial charge is 0.261 e. The van der Waals surface area contributed by atoms with Gasteiger partial charge in [0.1, 0.15) is 5.75 Å². The van der Waals surface area contributed by atoms with Crippen LogP contribution in [0, 0.1) is 5.92 Å². The van der Waals surface area contributed by atoms with Crippen molar-refractivity contribution >= 4 is 5.91 Å². The van der Waals surface area contributed by atoms with E-state index >= 15 is 0 Å². The second kappa shape index (κ2) is 6.48. The quantitative estimate of drug-likeness (QED) is 0.910. The fraction of sp³-hybridized carbons (Fsp3) is 0.400. The number of fused-ring (bicyclic) bond motifs is 1. The first-order valence-electron chi connectivity index (χ1n) is 8.77. The third-order valence-corrected chi connectivity index (χ3v) is 5.66. The average Bonchev–Trinajstić information content (AvgIpc) is 2.91. The molecule has 1 saturated carbocycles. The summed E-state index contributed by atoms with van der Waals surface area (Å²) in [6.45, 7) is 0.820. The molecule has 130 valence electrons. The van der Waals surface area contributed by atoms with Crippen LogP contribution in [0.1, 0.15) is 30.4 Å². The first-order valence-corrected chi connectivity index (χ1v) is 8.77. The van der Waals surface area contributed by atoms with E-state index in [1.807, 2.05) is 17.2 Å². The first kappa shape index (κ1) is 16.1. The van der Waals surface area contributed by atoms with Crippen LogP contribution >= 0.6 is 0 Å². The van der Waals surface area contributed by atoms with Gasteiger partial charge in [0.2, 0.25) is 0 Å². The van der Waals surface area contributed by atoms with Crippen LogP contribution in [0.2, 0.25) is 0 Å². The van der Waals surface area contributed by atoms with Gasteiger partial charge in [-0.2, -0.15) is 0 Å². The molecule has 2 atom stereocenters. The lowest BCUT2D eigenvalue weighted by Crippen LogP contribution is -2.54. The molecular formula is C20H22N2O3. The van der Waals surface area contributed by atoms with Crippen molar-refractivity contribution in [1.29, 1.82) is 0 Å². The molecule has 4 rings (SSSR count). The number of carbonyl (C=O) groups excluding carboxylic acids is 1. The lowest BCUT2D eigenvalue weighted by Gasteiger charge is -2.50. The zero-order chi connectivity index (χ0) is 17.3. The molecule has 2 aliphatic rings. The number of likely N-dealkylation sites (tertiary alicyclic amines) is 1. The molecule has 1 N–H and O–H groups in total. The minimum absolute atomic E-state index is 0.00199. The molecule has 2 aromatic rings. The van der Waals surface area contributed by atoms with Gasteiger partial charge in [0, 0.05) is 18.9 Å². The molecule has 1 saturated heterocycles.